The fourth-order valence-electron chi connectivity index (χ4n) is 3.40. The Balaban J connectivity index is 1.65. The molecule has 1 N–H and O–H groups in total. The summed E-state index contributed by atoms with van der Waals surface area (Å²) in [5.74, 6) is 1.32. The van der Waals surface area contributed by atoms with Crippen LogP contribution in [0.5, 0.6) is 0 Å². The summed E-state index contributed by atoms with van der Waals surface area (Å²) >= 11 is 12.3. The van der Waals surface area contributed by atoms with Crippen LogP contribution >= 0.6 is 23.2 Å². The Morgan fingerprint density at radius 1 is 1.10 bits per heavy atom. The lowest BCUT2D eigenvalue weighted by atomic mass is 10.00. The van der Waals surface area contributed by atoms with Crippen molar-refractivity contribution in [3.8, 4) is 22.4 Å². The second kappa shape index (κ2) is 9.45. The highest BCUT2D eigenvalue weighted by atomic mass is 35.5. The van der Waals surface area contributed by atoms with E-state index in [1.807, 2.05) is 44.3 Å². The number of anilines is 1. The first-order valence-electron chi connectivity index (χ1n) is 9.97. The van der Waals surface area contributed by atoms with E-state index < -0.39 is 0 Å². The summed E-state index contributed by atoms with van der Waals surface area (Å²) in [4.78, 5) is 13.5. The minimum atomic E-state index is 0.528. The SMILES string of the molecule is CCc1onc(C)c1-c1nc(NCCc2ccc(Cl)cc2Cl)ncc1-c1ccncc1. The van der Waals surface area contributed by atoms with Crippen molar-refractivity contribution in [3.05, 3.63) is 76.0 Å². The number of hydrogen-bond donors (Lipinski definition) is 1. The van der Waals surface area contributed by atoms with Gasteiger partial charge < -0.3 is 9.84 Å². The number of hydrogen-bond acceptors (Lipinski definition) is 6. The maximum absolute atomic E-state index is 6.28. The fraction of sp³-hybridized carbons (Fsp3) is 0.217. The number of benzene rings is 1. The molecule has 0 bridgehead atoms. The summed E-state index contributed by atoms with van der Waals surface area (Å²) in [6.07, 6.45) is 6.76. The van der Waals surface area contributed by atoms with Crippen LogP contribution in [0.4, 0.5) is 5.95 Å². The predicted molar refractivity (Wildman–Crippen MR) is 124 cm³/mol. The first-order valence-corrected chi connectivity index (χ1v) is 10.7. The van der Waals surface area contributed by atoms with E-state index in [1.165, 1.54) is 0 Å². The van der Waals surface area contributed by atoms with Gasteiger partial charge in [-0.1, -0.05) is 41.3 Å². The van der Waals surface area contributed by atoms with E-state index >= 15 is 0 Å². The van der Waals surface area contributed by atoms with Gasteiger partial charge in [0.05, 0.1) is 17.0 Å². The van der Waals surface area contributed by atoms with Crippen LogP contribution in [0.3, 0.4) is 0 Å². The normalized spacial score (nSPS) is 11.0. The number of halogens is 2. The average Bonchev–Trinajstić information content (AvgIpc) is 3.16. The molecule has 3 aromatic heterocycles. The third-order valence-electron chi connectivity index (χ3n) is 4.96. The lowest BCUT2D eigenvalue weighted by molar-refractivity contribution is 0.383. The highest BCUT2D eigenvalue weighted by molar-refractivity contribution is 6.35. The molecule has 4 rings (SSSR count). The molecule has 0 aliphatic heterocycles. The van der Waals surface area contributed by atoms with Crippen molar-refractivity contribution in [1.82, 2.24) is 20.1 Å². The molecule has 8 heteroatoms. The Hall–Kier alpha value is -2.96. The minimum Gasteiger partial charge on any atom is -0.360 e. The molecule has 0 aliphatic rings. The molecule has 0 saturated carbocycles. The van der Waals surface area contributed by atoms with Crippen LogP contribution in [0.15, 0.2) is 53.4 Å². The van der Waals surface area contributed by atoms with Crippen molar-refractivity contribution < 1.29 is 4.52 Å². The van der Waals surface area contributed by atoms with Crippen LogP contribution in [0, 0.1) is 6.92 Å². The highest BCUT2D eigenvalue weighted by Crippen LogP contribution is 2.35. The lowest BCUT2D eigenvalue weighted by Crippen LogP contribution is -2.09. The van der Waals surface area contributed by atoms with Gasteiger partial charge in [0.25, 0.3) is 0 Å². The van der Waals surface area contributed by atoms with E-state index in [0.717, 1.165) is 39.4 Å². The molecule has 0 spiro atoms. The van der Waals surface area contributed by atoms with E-state index in [9.17, 15) is 0 Å². The number of pyridine rings is 1. The van der Waals surface area contributed by atoms with Crippen LogP contribution in [-0.4, -0.2) is 26.7 Å². The molecule has 6 nitrogen and oxygen atoms in total. The van der Waals surface area contributed by atoms with Crippen LogP contribution in [0.25, 0.3) is 22.4 Å². The Kier molecular flexibility index (Phi) is 6.49. The number of nitrogens with zero attached hydrogens (tertiary/aromatic N) is 4. The largest absolute Gasteiger partial charge is 0.360 e. The van der Waals surface area contributed by atoms with Gasteiger partial charge in [-0.05, 0) is 48.7 Å². The number of aromatic nitrogens is 4. The molecule has 0 saturated heterocycles. The molecule has 0 atom stereocenters. The molecule has 158 valence electrons. The molecule has 3 heterocycles. The molecule has 0 unspecified atom stereocenters. The second-order valence-corrected chi connectivity index (χ2v) is 7.87. The van der Waals surface area contributed by atoms with E-state index in [4.69, 9.17) is 32.7 Å². The summed E-state index contributed by atoms with van der Waals surface area (Å²) < 4.78 is 5.52. The Bertz CT molecular complexity index is 1190. The molecule has 0 radical (unpaired) electrons. The third kappa shape index (κ3) is 4.70. The van der Waals surface area contributed by atoms with Gasteiger partial charge in [-0.15, -0.1) is 0 Å². The molecular weight excluding hydrogens is 433 g/mol. The Morgan fingerprint density at radius 3 is 2.65 bits per heavy atom. The second-order valence-electron chi connectivity index (χ2n) is 7.02. The van der Waals surface area contributed by atoms with Crippen LogP contribution in [0.1, 0.15) is 23.9 Å². The molecule has 0 amide bonds. The quantitative estimate of drug-likeness (QED) is 0.368. The third-order valence-corrected chi connectivity index (χ3v) is 5.55. The first-order chi connectivity index (χ1) is 15.1. The average molecular weight is 454 g/mol. The van der Waals surface area contributed by atoms with Crippen LogP contribution in [-0.2, 0) is 12.8 Å². The zero-order valence-corrected chi connectivity index (χ0v) is 18.7. The van der Waals surface area contributed by atoms with E-state index in [-0.39, 0.29) is 0 Å². The van der Waals surface area contributed by atoms with Crippen molar-refractivity contribution in [2.24, 2.45) is 0 Å². The summed E-state index contributed by atoms with van der Waals surface area (Å²) in [5, 5.41) is 8.72. The molecule has 31 heavy (non-hydrogen) atoms. The van der Waals surface area contributed by atoms with Crippen molar-refractivity contribution >= 4 is 29.2 Å². The molecule has 0 aliphatic carbocycles. The Labute approximate surface area is 190 Å². The van der Waals surface area contributed by atoms with Gasteiger partial charge in [0.15, 0.2) is 0 Å². The van der Waals surface area contributed by atoms with Crippen molar-refractivity contribution in [2.45, 2.75) is 26.7 Å². The van der Waals surface area contributed by atoms with Crippen molar-refractivity contribution in [3.63, 3.8) is 0 Å². The van der Waals surface area contributed by atoms with Gasteiger partial charge in [-0.25, -0.2) is 9.97 Å². The lowest BCUT2D eigenvalue weighted by Gasteiger charge is -2.12. The molecular formula is C23H21Cl2N5O. The van der Waals surface area contributed by atoms with Crippen LogP contribution < -0.4 is 5.32 Å². The van der Waals surface area contributed by atoms with Gasteiger partial charge in [0.1, 0.15) is 5.76 Å². The standard InChI is InChI=1S/C23H21Cl2N5O/c1-3-20-21(14(2)30-31-20)22-18(15-6-9-26-10-7-15)13-28-23(29-22)27-11-8-16-4-5-17(24)12-19(16)25/h4-7,9-10,12-13H,3,8,11H2,1-2H3,(H,27,28,29). The topological polar surface area (TPSA) is 76.7 Å². The number of rotatable bonds is 7. The number of nitrogens with one attached hydrogen (secondary N) is 1. The van der Waals surface area contributed by atoms with Gasteiger partial charge >= 0.3 is 0 Å². The van der Waals surface area contributed by atoms with Gasteiger partial charge in [-0.3, -0.25) is 4.98 Å². The van der Waals surface area contributed by atoms with Gasteiger partial charge in [-0.2, -0.15) is 0 Å². The smallest absolute Gasteiger partial charge is 0.223 e. The predicted octanol–water partition coefficient (Wildman–Crippen LogP) is 6.03. The monoisotopic (exact) mass is 453 g/mol. The zero-order chi connectivity index (χ0) is 21.8. The summed E-state index contributed by atoms with van der Waals surface area (Å²) in [6, 6.07) is 9.39. The maximum Gasteiger partial charge on any atom is 0.223 e. The zero-order valence-electron chi connectivity index (χ0n) is 17.2. The van der Waals surface area contributed by atoms with Crippen molar-refractivity contribution in [1.29, 1.82) is 0 Å². The molecule has 4 aromatic rings. The summed E-state index contributed by atoms with van der Waals surface area (Å²) in [7, 11) is 0. The molecule has 0 fully saturated rings. The van der Waals surface area contributed by atoms with E-state index in [2.05, 4.69) is 20.4 Å². The van der Waals surface area contributed by atoms with Gasteiger partial charge in [0.2, 0.25) is 5.95 Å². The molecule has 1 aromatic carbocycles. The van der Waals surface area contributed by atoms with E-state index in [0.29, 0.717) is 35.4 Å². The first kappa shape index (κ1) is 21.3. The summed E-state index contributed by atoms with van der Waals surface area (Å²) in [5.41, 5.74) is 5.37. The fourth-order valence-corrected chi connectivity index (χ4v) is 3.90. The summed E-state index contributed by atoms with van der Waals surface area (Å²) in [6.45, 7) is 4.58. The minimum absolute atomic E-state index is 0.528. The van der Waals surface area contributed by atoms with Crippen molar-refractivity contribution in [2.75, 3.05) is 11.9 Å². The number of aryl methyl sites for hydroxylation is 2. The Morgan fingerprint density at radius 2 is 1.90 bits per heavy atom. The van der Waals surface area contributed by atoms with E-state index in [1.54, 1.807) is 18.5 Å². The highest BCUT2D eigenvalue weighted by Gasteiger charge is 2.20. The van der Waals surface area contributed by atoms with Gasteiger partial charge in [0, 0.05) is 47.2 Å². The van der Waals surface area contributed by atoms with Crippen LogP contribution in [0.2, 0.25) is 10.0 Å². The maximum atomic E-state index is 6.28.